The molecule has 1 amide bonds. The minimum atomic E-state index is -0.248. The number of halogens is 1. The van der Waals surface area contributed by atoms with Crippen molar-refractivity contribution >= 4 is 17.7 Å². The maximum Gasteiger partial charge on any atom is 0.224 e. The SMILES string of the molecule is COc1ccc(F)cc1CN1CCN(C(=O)CC2CSCCN2)CC1. The second-order valence-electron chi connectivity index (χ2n) is 6.54. The number of methoxy groups -OCH3 is 1. The van der Waals surface area contributed by atoms with Gasteiger partial charge in [-0.15, -0.1) is 0 Å². The van der Waals surface area contributed by atoms with Crippen LogP contribution >= 0.6 is 11.8 Å². The third-order valence-electron chi connectivity index (χ3n) is 4.78. The Balaban J connectivity index is 1.48. The first-order valence-corrected chi connectivity index (χ1v) is 9.95. The third kappa shape index (κ3) is 5.09. The summed E-state index contributed by atoms with van der Waals surface area (Å²) >= 11 is 1.91. The van der Waals surface area contributed by atoms with Gasteiger partial charge < -0.3 is 15.0 Å². The number of amides is 1. The molecule has 25 heavy (non-hydrogen) atoms. The van der Waals surface area contributed by atoms with Gasteiger partial charge in [-0.3, -0.25) is 9.69 Å². The molecule has 2 heterocycles. The fraction of sp³-hybridized carbons (Fsp3) is 0.611. The Hall–Kier alpha value is -1.31. The minimum absolute atomic E-state index is 0.239. The standard InChI is InChI=1S/C18H26FN3O2S/c1-24-17-3-2-15(19)10-14(17)12-21-5-7-22(8-6-21)18(23)11-16-13-25-9-4-20-16/h2-3,10,16,20H,4-9,11-13H2,1H3. The van der Waals surface area contributed by atoms with Gasteiger partial charge in [0.2, 0.25) is 5.91 Å². The Morgan fingerprint density at radius 3 is 2.84 bits per heavy atom. The molecule has 2 aliphatic heterocycles. The van der Waals surface area contributed by atoms with Crippen LogP contribution in [0.2, 0.25) is 0 Å². The van der Waals surface area contributed by atoms with Gasteiger partial charge in [0.1, 0.15) is 11.6 Å². The van der Waals surface area contributed by atoms with Crippen LogP contribution < -0.4 is 10.1 Å². The number of nitrogens with zero attached hydrogens (tertiary/aromatic N) is 2. The van der Waals surface area contributed by atoms with Crippen LogP contribution in [0.5, 0.6) is 5.75 Å². The first-order chi connectivity index (χ1) is 12.2. The summed E-state index contributed by atoms with van der Waals surface area (Å²) in [5.74, 6) is 2.85. The van der Waals surface area contributed by atoms with Crippen LogP contribution in [-0.2, 0) is 11.3 Å². The van der Waals surface area contributed by atoms with Gasteiger partial charge in [-0.25, -0.2) is 4.39 Å². The van der Waals surface area contributed by atoms with Crippen molar-refractivity contribution in [3.63, 3.8) is 0 Å². The zero-order chi connectivity index (χ0) is 17.6. The number of rotatable bonds is 5. The van der Waals surface area contributed by atoms with Gasteiger partial charge in [-0.1, -0.05) is 0 Å². The molecule has 1 aromatic rings. The second-order valence-corrected chi connectivity index (χ2v) is 7.69. The van der Waals surface area contributed by atoms with Gasteiger partial charge in [0.25, 0.3) is 0 Å². The van der Waals surface area contributed by atoms with E-state index >= 15 is 0 Å². The lowest BCUT2D eigenvalue weighted by Crippen LogP contribution is -2.50. The highest BCUT2D eigenvalue weighted by atomic mass is 32.2. The summed E-state index contributed by atoms with van der Waals surface area (Å²) in [5, 5.41) is 3.42. The normalized spacial score (nSPS) is 22.0. The summed E-state index contributed by atoms with van der Waals surface area (Å²) in [7, 11) is 1.60. The van der Waals surface area contributed by atoms with Crippen LogP contribution in [0.4, 0.5) is 4.39 Å². The Morgan fingerprint density at radius 2 is 2.16 bits per heavy atom. The largest absolute Gasteiger partial charge is 0.496 e. The van der Waals surface area contributed by atoms with E-state index in [1.165, 1.54) is 12.1 Å². The average Bonchev–Trinajstić information content (AvgIpc) is 2.63. The van der Waals surface area contributed by atoms with Gasteiger partial charge in [0.15, 0.2) is 0 Å². The maximum absolute atomic E-state index is 13.5. The van der Waals surface area contributed by atoms with Crippen LogP contribution in [0.1, 0.15) is 12.0 Å². The van der Waals surface area contributed by atoms with E-state index in [9.17, 15) is 9.18 Å². The van der Waals surface area contributed by atoms with E-state index in [4.69, 9.17) is 4.74 Å². The summed E-state index contributed by atoms with van der Waals surface area (Å²) in [6.45, 7) is 4.71. The highest BCUT2D eigenvalue weighted by molar-refractivity contribution is 7.99. The maximum atomic E-state index is 13.5. The van der Waals surface area contributed by atoms with Crippen molar-refractivity contribution in [3.8, 4) is 5.75 Å². The van der Waals surface area contributed by atoms with Crippen LogP contribution in [0.15, 0.2) is 18.2 Å². The number of carbonyl (C=O) groups excluding carboxylic acids is 1. The van der Waals surface area contributed by atoms with Gasteiger partial charge in [-0.05, 0) is 18.2 Å². The molecular weight excluding hydrogens is 341 g/mol. The summed E-state index contributed by atoms with van der Waals surface area (Å²) in [6.07, 6.45) is 0.588. The molecule has 2 saturated heterocycles. The van der Waals surface area contributed by atoms with E-state index in [1.807, 2.05) is 16.7 Å². The minimum Gasteiger partial charge on any atom is -0.496 e. The lowest BCUT2D eigenvalue weighted by molar-refractivity contribution is -0.133. The molecule has 2 fully saturated rings. The number of piperazine rings is 1. The molecule has 0 aliphatic carbocycles. The number of benzene rings is 1. The molecule has 1 aromatic carbocycles. The zero-order valence-corrected chi connectivity index (χ0v) is 15.5. The lowest BCUT2D eigenvalue weighted by atomic mass is 10.1. The molecular formula is C18H26FN3O2S. The topological polar surface area (TPSA) is 44.8 Å². The van der Waals surface area contributed by atoms with Crippen molar-refractivity contribution in [1.29, 1.82) is 0 Å². The lowest BCUT2D eigenvalue weighted by Gasteiger charge is -2.36. The van der Waals surface area contributed by atoms with Gasteiger partial charge in [0.05, 0.1) is 7.11 Å². The van der Waals surface area contributed by atoms with Crippen molar-refractivity contribution in [1.82, 2.24) is 15.1 Å². The molecule has 0 bridgehead atoms. The summed E-state index contributed by atoms with van der Waals surface area (Å²) in [6, 6.07) is 4.92. The van der Waals surface area contributed by atoms with Crippen LogP contribution in [-0.4, -0.2) is 73.1 Å². The first kappa shape index (κ1) is 18.5. The van der Waals surface area contributed by atoms with E-state index in [1.54, 1.807) is 13.2 Å². The fourth-order valence-corrected chi connectivity index (χ4v) is 4.31. The number of nitrogens with one attached hydrogen (secondary N) is 1. The number of ether oxygens (including phenoxy) is 1. The van der Waals surface area contributed by atoms with Gasteiger partial charge in [-0.2, -0.15) is 11.8 Å². The molecule has 7 heteroatoms. The number of hydrogen-bond donors (Lipinski definition) is 1. The molecule has 1 unspecified atom stereocenters. The molecule has 1 atom stereocenters. The Labute approximate surface area is 152 Å². The smallest absolute Gasteiger partial charge is 0.224 e. The molecule has 1 N–H and O–H groups in total. The zero-order valence-electron chi connectivity index (χ0n) is 14.7. The highest BCUT2D eigenvalue weighted by Gasteiger charge is 2.25. The predicted molar refractivity (Wildman–Crippen MR) is 98.5 cm³/mol. The van der Waals surface area contributed by atoms with Crippen LogP contribution in [0.25, 0.3) is 0 Å². The molecule has 3 rings (SSSR count). The van der Waals surface area contributed by atoms with Crippen molar-refractivity contribution in [2.24, 2.45) is 0 Å². The number of carbonyl (C=O) groups is 1. The van der Waals surface area contributed by atoms with E-state index in [0.717, 1.165) is 49.8 Å². The van der Waals surface area contributed by atoms with E-state index in [-0.39, 0.29) is 11.7 Å². The first-order valence-electron chi connectivity index (χ1n) is 8.79. The molecule has 5 nitrogen and oxygen atoms in total. The monoisotopic (exact) mass is 367 g/mol. The summed E-state index contributed by atoms with van der Waals surface area (Å²) in [4.78, 5) is 16.7. The molecule has 0 saturated carbocycles. The molecule has 138 valence electrons. The van der Waals surface area contributed by atoms with Crippen molar-refractivity contribution < 1.29 is 13.9 Å². The third-order valence-corrected chi connectivity index (χ3v) is 5.91. The summed E-state index contributed by atoms with van der Waals surface area (Å²) < 4.78 is 18.8. The molecule has 2 aliphatic rings. The van der Waals surface area contributed by atoms with E-state index in [2.05, 4.69) is 10.2 Å². The number of hydrogen-bond acceptors (Lipinski definition) is 5. The molecule has 0 aromatic heterocycles. The molecule has 0 radical (unpaired) electrons. The average molecular weight is 367 g/mol. The van der Waals surface area contributed by atoms with Gasteiger partial charge >= 0.3 is 0 Å². The van der Waals surface area contributed by atoms with E-state index in [0.29, 0.717) is 24.8 Å². The fourth-order valence-electron chi connectivity index (χ4n) is 3.36. The Kier molecular flexibility index (Phi) is 6.56. The van der Waals surface area contributed by atoms with Crippen molar-refractivity contribution in [2.75, 3.05) is 51.3 Å². The van der Waals surface area contributed by atoms with Crippen LogP contribution in [0.3, 0.4) is 0 Å². The van der Waals surface area contributed by atoms with Crippen molar-refractivity contribution in [2.45, 2.75) is 19.0 Å². The molecule has 0 spiro atoms. The predicted octanol–water partition coefficient (Wildman–Crippen LogP) is 1.57. The number of thioether (sulfide) groups is 1. The Morgan fingerprint density at radius 1 is 1.36 bits per heavy atom. The quantitative estimate of drug-likeness (QED) is 0.856. The van der Waals surface area contributed by atoms with Gasteiger partial charge in [0, 0.05) is 68.8 Å². The Bertz CT molecular complexity index is 588. The van der Waals surface area contributed by atoms with E-state index < -0.39 is 0 Å². The highest BCUT2D eigenvalue weighted by Crippen LogP contribution is 2.22. The van der Waals surface area contributed by atoms with Crippen LogP contribution in [0, 0.1) is 5.82 Å². The summed E-state index contributed by atoms with van der Waals surface area (Å²) in [5.41, 5.74) is 0.853. The van der Waals surface area contributed by atoms with Crippen molar-refractivity contribution in [3.05, 3.63) is 29.6 Å². The second kappa shape index (κ2) is 8.87.